The van der Waals surface area contributed by atoms with Gasteiger partial charge in [0.25, 0.3) is 0 Å². The van der Waals surface area contributed by atoms with Crippen molar-refractivity contribution in [3.8, 4) is 0 Å². The molecule has 0 atom stereocenters. The molecular formula is C27H29ClN2O2. The number of hydrogen-bond donors (Lipinski definition) is 0. The second-order valence-corrected chi connectivity index (χ2v) is 8.44. The predicted octanol–water partition coefficient (Wildman–Crippen LogP) is 5.40. The fourth-order valence-corrected chi connectivity index (χ4v) is 4.81. The van der Waals surface area contributed by atoms with E-state index in [1.165, 1.54) is 5.56 Å². The van der Waals surface area contributed by atoms with E-state index in [1.807, 2.05) is 18.2 Å². The van der Waals surface area contributed by atoms with Crippen LogP contribution in [0.1, 0.15) is 27.2 Å². The van der Waals surface area contributed by atoms with Gasteiger partial charge in [0.05, 0.1) is 18.8 Å². The van der Waals surface area contributed by atoms with Crippen molar-refractivity contribution in [2.24, 2.45) is 0 Å². The van der Waals surface area contributed by atoms with Gasteiger partial charge in [-0.15, -0.1) is 12.4 Å². The van der Waals surface area contributed by atoms with E-state index in [4.69, 9.17) is 4.74 Å². The first kappa shape index (κ1) is 22.5. The van der Waals surface area contributed by atoms with Gasteiger partial charge in [0.15, 0.2) is 5.78 Å². The van der Waals surface area contributed by atoms with Gasteiger partial charge in [-0.25, -0.2) is 0 Å². The lowest BCUT2D eigenvalue weighted by atomic mass is 9.95. The fourth-order valence-electron chi connectivity index (χ4n) is 4.81. The molecule has 0 bridgehead atoms. The first-order valence-electron chi connectivity index (χ1n) is 11.1. The second-order valence-electron chi connectivity index (χ2n) is 8.44. The van der Waals surface area contributed by atoms with E-state index in [0.717, 1.165) is 77.9 Å². The van der Waals surface area contributed by atoms with Crippen molar-refractivity contribution in [3.63, 3.8) is 0 Å². The molecule has 3 aromatic carbocycles. The molecule has 1 aromatic heterocycles. The summed E-state index contributed by atoms with van der Waals surface area (Å²) in [6.07, 6.45) is 0. The number of carbonyl (C=O) groups excluding carboxylic acids is 1. The molecule has 0 spiro atoms. The van der Waals surface area contributed by atoms with Gasteiger partial charge in [-0.2, -0.15) is 0 Å². The molecule has 0 radical (unpaired) electrons. The topological polar surface area (TPSA) is 34.5 Å². The SMILES string of the molecule is Cc1ccc2c(C(=O)c3c(C)n(CCN4CCOCC4)c4ccccc34)cccc2c1.Cl. The largest absolute Gasteiger partial charge is 0.379 e. The van der Waals surface area contributed by atoms with Crippen molar-refractivity contribution < 1.29 is 9.53 Å². The van der Waals surface area contributed by atoms with E-state index in [9.17, 15) is 4.79 Å². The Kier molecular flexibility index (Phi) is 6.66. The van der Waals surface area contributed by atoms with Crippen molar-refractivity contribution in [3.05, 3.63) is 83.0 Å². The lowest BCUT2D eigenvalue weighted by Crippen LogP contribution is -2.38. The van der Waals surface area contributed by atoms with Gasteiger partial charge in [0, 0.05) is 48.3 Å². The monoisotopic (exact) mass is 448 g/mol. The zero-order valence-corrected chi connectivity index (χ0v) is 19.5. The maximum Gasteiger partial charge on any atom is 0.196 e. The quantitative estimate of drug-likeness (QED) is 0.383. The van der Waals surface area contributed by atoms with Gasteiger partial charge in [-0.3, -0.25) is 9.69 Å². The molecule has 166 valence electrons. The number of carbonyl (C=O) groups is 1. The van der Waals surface area contributed by atoms with Crippen molar-refractivity contribution in [2.75, 3.05) is 32.8 Å². The molecule has 2 heterocycles. The summed E-state index contributed by atoms with van der Waals surface area (Å²) in [5, 5.41) is 3.17. The molecule has 32 heavy (non-hydrogen) atoms. The van der Waals surface area contributed by atoms with Crippen LogP contribution >= 0.6 is 12.4 Å². The maximum absolute atomic E-state index is 13.9. The number of aryl methyl sites for hydroxylation is 1. The second kappa shape index (κ2) is 9.45. The van der Waals surface area contributed by atoms with Crippen LogP contribution in [0, 0.1) is 13.8 Å². The minimum atomic E-state index is 0. The predicted molar refractivity (Wildman–Crippen MR) is 133 cm³/mol. The zero-order valence-electron chi connectivity index (χ0n) is 18.6. The number of benzene rings is 3. The Bertz CT molecular complexity index is 1270. The third kappa shape index (κ3) is 4.06. The Balaban J connectivity index is 0.00000245. The number of para-hydroxylation sites is 1. The summed E-state index contributed by atoms with van der Waals surface area (Å²) in [7, 11) is 0. The van der Waals surface area contributed by atoms with Crippen LogP contribution in [0.2, 0.25) is 0 Å². The lowest BCUT2D eigenvalue weighted by Gasteiger charge is -2.27. The normalized spacial score (nSPS) is 14.6. The first-order chi connectivity index (χ1) is 15.1. The van der Waals surface area contributed by atoms with Gasteiger partial charge in [-0.05, 0) is 30.7 Å². The van der Waals surface area contributed by atoms with E-state index in [0.29, 0.717) is 0 Å². The molecule has 0 saturated carbocycles. The van der Waals surface area contributed by atoms with Crippen LogP contribution < -0.4 is 0 Å². The molecule has 0 N–H and O–H groups in total. The first-order valence-corrected chi connectivity index (χ1v) is 11.1. The Labute approximate surface area is 195 Å². The minimum Gasteiger partial charge on any atom is -0.379 e. The molecular weight excluding hydrogens is 420 g/mol. The number of fused-ring (bicyclic) bond motifs is 2. The number of halogens is 1. The molecule has 1 aliphatic rings. The molecule has 1 saturated heterocycles. The van der Waals surface area contributed by atoms with E-state index in [2.05, 4.69) is 65.8 Å². The zero-order chi connectivity index (χ0) is 21.4. The molecule has 5 heteroatoms. The summed E-state index contributed by atoms with van der Waals surface area (Å²) in [6, 6.07) is 20.6. The Hall–Kier alpha value is -2.66. The summed E-state index contributed by atoms with van der Waals surface area (Å²) < 4.78 is 7.79. The van der Waals surface area contributed by atoms with E-state index in [-0.39, 0.29) is 18.2 Å². The molecule has 4 nitrogen and oxygen atoms in total. The van der Waals surface area contributed by atoms with Crippen LogP contribution in [0.5, 0.6) is 0 Å². The summed E-state index contributed by atoms with van der Waals surface area (Å²) in [5.74, 6) is 0.105. The van der Waals surface area contributed by atoms with Crippen molar-refractivity contribution in [1.82, 2.24) is 9.47 Å². The van der Waals surface area contributed by atoms with Crippen LogP contribution in [-0.2, 0) is 11.3 Å². The van der Waals surface area contributed by atoms with Crippen LogP contribution in [0.15, 0.2) is 60.7 Å². The minimum absolute atomic E-state index is 0. The van der Waals surface area contributed by atoms with E-state index >= 15 is 0 Å². The van der Waals surface area contributed by atoms with Crippen LogP contribution in [0.3, 0.4) is 0 Å². The summed E-state index contributed by atoms with van der Waals surface area (Å²) in [4.78, 5) is 16.3. The third-order valence-corrected chi connectivity index (χ3v) is 6.48. The van der Waals surface area contributed by atoms with Crippen molar-refractivity contribution in [1.29, 1.82) is 0 Å². The molecule has 4 aromatic rings. The summed E-state index contributed by atoms with van der Waals surface area (Å²) in [6.45, 7) is 9.55. The standard InChI is InChI=1S/C27H28N2O2.ClH/c1-19-10-11-22-21(18-19)6-5-8-23(22)27(30)26-20(2)29(25-9-4-3-7-24(25)26)13-12-28-14-16-31-17-15-28;/h3-11,18H,12-17H2,1-2H3;1H. The number of hydrogen-bond acceptors (Lipinski definition) is 3. The summed E-state index contributed by atoms with van der Waals surface area (Å²) >= 11 is 0. The average molecular weight is 449 g/mol. The van der Waals surface area contributed by atoms with Gasteiger partial charge in [0.1, 0.15) is 0 Å². The third-order valence-electron chi connectivity index (χ3n) is 6.48. The Morgan fingerprint density at radius 3 is 2.50 bits per heavy atom. The van der Waals surface area contributed by atoms with Crippen LogP contribution in [0.4, 0.5) is 0 Å². The summed E-state index contributed by atoms with van der Waals surface area (Å²) in [5.41, 5.74) is 4.98. The highest BCUT2D eigenvalue weighted by molar-refractivity contribution is 6.22. The lowest BCUT2D eigenvalue weighted by molar-refractivity contribution is 0.0365. The molecule has 5 rings (SSSR count). The molecule has 0 unspecified atom stereocenters. The number of morpholine rings is 1. The van der Waals surface area contributed by atoms with E-state index in [1.54, 1.807) is 0 Å². The van der Waals surface area contributed by atoms with Gasteiger partial charge < -0.3 is 9.30 Å². The number of aromatic nitrogens is 1. The number of ketones is 1. The maximum atomic E-state index is 13.9. The highest BCUT2D eigenvalue weighted by Crippen LogP contribution is 2.30. The molecule has 1 fully saturated rings. The van der Waals surface area contributed by atoms with Crippen molar-refractivity contribution >= 4 is 39.9 Å². The van der Waals surface area contributed by atoms with Gasteiger partial charge in [-0.1, -0.05) is 60.2 Å². The van der Waals surface area contributed by atoms with Crippen molar-refractivity contribution in [2.45, 2.75) is 20.4 Å². The molecule has 1 aliphatic heterocycles. The number of rotatable bonds is 5. The number of ether oxygens (including phenoxy) is 1. The fraction of sp³-hybridized carbons (Fsp3) is 0.296. The highest BCUT2D eigenvalue weighted by Gasteiger charge is 2.22. The Morgan fingerprint density at radius 2 is 1.69 bits per heavy atom. The van der Waals surface area contributed by atoms with Gasteiger partial charge >= 0.3 is 0 Å². The van der Waals surface area contributed by atoms with Crippen LogP contribution in [-0.4, -0.2) is 48.1 Å². The number of nitrogens with zero attached hydrogens (tertiary/aromatic N) is 2. The molecule has 0 amide bonds. The van der Waals surface area contributed by atoms with Gasteiger partial charge in [0.2, 0.25) is 0 Å². The highest BCUT2D eigenvalue weighted by atomic mass is 35.5. The molecule has 0 aliphatic carbocycles. The van der Waals surface area contributed by atoms with Crippen LogP contribution in [0.25, 0.3) is 21.7 Å². The smallest absolute Gasteiger partial charge is 0.196 e. The van der Waals surface area contributed by atoms with E-state index < -0.39 is 0 Å². The average Bonchev–Trinajstić information content (AvgIpc) is 3.08. The Morgan fingerprint density at radius 1 is 0.906 bits per heavy atom.